The van der Waals surface area contributed by atoms with Gasteiger partial charge in [-0.2, -0.15) is 0 Å². The summed E-state index contributed by atoms with van der Waals surface area (Å²) < 4.78 is 7.57. The second-order valence-corrected chi connectivity index (χ2v) is 10.4. The molecule has 0 saturated heterocycles. The average Bonchev–Trinajstić information content (AvgIpc) is 3.16. The van der Waals surface area contributed by atoms with Crippen molar-refractivity contribution in [3.8, 4) is 5.00 Å². The molecule has 3 heterocycles. The van der Waals surface area contributed by atoms with Gasteiger partial charge in [0, 0.05) is 15.5 Å². The van der Waals surface area contributed by atoms with Gasteiger partial charge in [0.05, 0.1) is 12.1 Å². The molecular weight excluding hydrogens is 444 g/mol. The minimum absolute atomic E-state index is 0.0541. The van der Waals surface area contributed by atoms with E-state index in [1.165, 1.54) is 4.88 Å². The van der Waals surface area contributed by atoms with Crippen molar-refractivity contribution in [1.29, 1.82) is 0 Å². The summed E-state index contributed by atoms with van der Waals surface area (Å²) in [6.07, 6.45) is 5.50. The molecule has 8 heteroatoms. The third-order valence-electron chi connectivity index (χ3n) is 5.04. The highest BCUT2D eigenvalue weighted by Crippen LogP contribution is 2.39. The molecule has 0 aromatic carbocycles. The molecule has 0 aliphatic carbocycles. The summed E-state index contributed by atoms with van der Waals surface area (Å²) in [4.78, 5) is 18.9. The zero-order valence-corrected chi connectivity index (χ0v) is 21.2. The van der Waals surface area contributed by atoms with Crippen molar-refractivity contribution in [2.75, 3.05) is 0 Å². The van der Waals surface area contributed by atoms with Gasteiger partial charge in [0.25, 0.3) is 0 Å². The first-order valence-corrected chi connectivity index (χ1v) is 11.6. The largest absolute Gasteiger partial charge is 0.460 e. The van der Waals surface area contributed by atoms with Crippen molar-refractivity contribution in [2.24, 2.45) is 4.99 Å². The lowest BCUT2D eigenvalue weighted by atomic mass is 10.00. The van der Waals surface area contributed by atoms with Crippen molar-refractivity contribution in [3.63, 3.8) is 0 Å². The van der Waals surface area contributed by atoms with Gasteiger partial charge in [0.15, 0.2) is 5.82 Å². The minimum atomic E-state index is -0.584. The van der Waals surface area contributed by atoms with Crippen LogP contribution >= 0.6 is 22.9 Å². The van der Waals surface area contributed by atoms with Crippen LogP contribution in [0.3, 0.4) is 0 Å². The third kappa shape index (κ3) is 4.94. The summed E-state index contributed by atoms with van der Waals surface area (Å²) in [7, 11) is 0. The summed E-state index contributed by atoms with van der Waals surface area (Å²) in [6, 6.07) is -0.553. The number of aromatic nitrogens is 3. The van der Waals surface area contributed by atoms with Gasteiger partial charge in [-0.15, -0.1) is 21.5 Å². The fourth-order valence-corrected chi connectivity index (χ4v) is 4.72. The Morgan fingerprint density at radius 1 is 1.25 bits per heavy atom. The summed E-state index contributed by atoms with van der Waals surface area (Å²) in [6.45, 7) is 17.7. The number of aryl methyl sites for hydroxylation is 2. The van der Waals surface area contributed by atoms with Crippen LogP contribution in [-0.2, 0) is 9.53 Å². The number of halogens is 1. The van der Waals surface area contributed by atoms with Gasteiger partial charge in [0.2, 0.25) is 0 Å². The van der Waals surface area contributed by atoms with E-state index in [0.29, 0.717) is 16.4 Å². The number of rotatable bonds is 5. The molecule has 0 bridgehead atoms. The van der Waals surface area contributed by atoms with Crippen LogP contribution in [0.25, 0.3) is 5.00 Å². The maximum Gasteiger partial charge on any atom is 0.308 e. The van der Waals surface area contributed by atoms with Crippen LogP contribution in [0.2, 0.25) is 0 Å². The highest BCUT2D eigenvalue weighted by molar-refractivity contribution is 7.15. The van der Waals surface area contributed by atoms with E-state index in [2.05, 4.69) is 30.6 Å². The van der Waals surface area contributed by atoms with Crippen molar-refractivity contribution < 1.29 is 9.53 Å². The first-order chi connectivity index (χ1) is 14.9. The van der Waals surface area contributed by atoms with Crippen molar-refractivity contribution >= 4 is 34.6 Å². The first kappa shape index (κ1) is 24.1. The molecule has 0 amide bonds. The van der Waals surface area contributed by atoms with Gasteiger partial charge in [-0.05, 0) is 65.7 Å². The first-order valence-electron chi connectivity index (χ1n) is 10.4. The molecule has 0 unspecified atom stereocenters. The number of nitrogens with zero attached hydrogens (tertiary/aromatic N) is 4. The molecule has 0 N–H and O–H groups in total. The number of esters is 1. The molecule has 0 spiro atoms. The van der Waals surface area contributed by atoms with Crippen LogP contribution in [0.5, 0.6) is 0 Å². The Balaban J connectivity index is 2.17. The molecule has 2 aromatic rings. The quantitative estimate of drug-likeness (QED) is 0.390. The number of carbonyl (C=O) groups is 1. The molecule has 0 fully saturated rings. The second-order valence-electron chi connectivity index (χ2n) is 8.72. The molecule has 1 aliphatic heterocycles. The molecular formula is C24H29ClN4O2S. The Morgan fingerprint density at radius 3 is 2.56 bits per heavy atom. The van der Waals surface area contributed by atoms with E-state index in [0.717, 1.165) is 27.7 Å². The smallest absolute Gasteiger partial charge is 0.308 e. The maximum atomic E-state index is 12.7. The molecule has 3 rings (SSSR count). The van der Waals surface area contributed by atoms with Crippen LogP contribution in [0.4, 0.5) is 0 Å². The topological polar surface area (TPSA) is 69.4 Å². The summed E-state index contributed by atoms with van der Waals surface area (Å²) in [5.41, 5.74) is 2.94. The Kier molecular flexibility index (Phi) is 6.91. The summed E-state index contributed by atoms with van der Waals surface area (Å²) >= 11 is 7.82. The predicted octanol–water partition coefficient (Wildman–Crippen LogP) is 6.08. The van der Waals surface area contributed by atoms with E-state index in [9.17, 15) is 4.79 Å². The maximum absolute atomic E-state index is 12.7. The SMILES string of the molecule is C=C(/C=C\C(Cl)=C/C)C1=N[C@@H](CC(=O)OC(C)(C)C)c2nnc(C)n2-c2sc(C)c(C)c21. The lowest BCUT2D eigenvalue weighted by molar-refractivity contribution is -0.155. The van der Waals surface area contributed by atoms with Gasteiger partial charge < -0.3 is 4.74 Å². The van der Waals surface area contributed by atoms with E-state index in [1.54, 1.807) is 17.4 Å². The van der Waals surface area contributed by atoms with Crippen LogP contribution in [0, 0.1) is 20.8 Å². The lowest BCUT2D eigenvalue weighted by Crippen LogP contribution is -2.25. The Morgan fingerprint density at radius 2 is 1.94 bits per heavy atom. The van der Waals surface area contributed by atoms with Crippen LogP contribution < -0.4 is 0 Å². The van der Waals surface area contributed by atoms with E-state index >= 15 is 0 Å². The molecule has 6 nitrogen and oxygen atoms in total. The predicted molar refractivity (Wildman–Crippen MR) is 131 cm³/mol. The molecule has 0 radical (unpaired) electrons. The van der Waals surface area contributed by atoms with Crippen molar-refractivity contribution in [1.82, 2.24) is 14.8 Å². The normalized spacial score (nSPS) is 16.4. The summed E-state index contributed by atoms with van der Waals surface area (Å²) in [5, 5.41) is 10.3. The number of carbonyl (C=O) groups excluding carboxylic acids is 1. The number of thiophene rings is 1. The van der Waals surface area contributed by atoms with E-state index < -0.39 is 11.6 Å². The Bertz CT molecular complexity index is 1160. The van der Waals surface area contributed by atoms with Gasteiger partial charge in [0.1, 0.15) is 22.5 Å². The third-order valence-corrected chi connectivity index (χ3v) is 6.58. The van der Waals surface area contributed by atoms with E-state index in [-0.39, 0.29) is 12.4 Å². The van der Waals surface area contributed by atoms with Crippen LogP contribution in [0.15, 0.2) is 40.4 Å². The van der Waals surface area contributed by atoms with Crippen molar-refractivity contribution in [3.05, 3.63) is 63.1 Å². The number of fused-ring (bicyclic) bond motifs is 3. The number of aliphatic imine (C=N–C) groups is 1. The Hall–Kier alpha value is -2.51. The zero-order chi connectivity index (χ0) is 23.8. The molecule has 1 aliphatic rings. The number of allylic oxidation sites excluding steroid dienone is 5. The number of hydrogen-bond donors (Lipinski definition) is 0. The number of hydrogen-bond acceptors (Lipinski definition) is 6. The molecule has 1 atom stereocenters. The highest BCUT2D eigenvalue weighted by Gasteiger charge is 2.33. The van der Waals surface area contributed by atoms with Gasteiger partial charge in [-0.3, -0.25) is 14.4 Å². The second kappa shape index (κ2) is 9.16. The van der Waals surface area contributed by atoms with Crippen LogP contribution in [0.1, 0.15) is 67.8 Å². The molecule has 0 saturated carbocycles. The average molecular weight is 473 g/mol. The van der Waals surface area contributed by atoms with Gasteiger partial charge >= 0.3 is 5.97 Å². The van der Waals surface area contributed by atoms with E-state index in [4.69, 9.17) is 21.3 Å². The fourth-order valence-electron chi connectivity index (χ4n) is 3.45. The summed E-state index contributed by atoms with van der Waals surface area (Å²) in [5.74, 6) is 1.02. The van der Waals surface area contributed by atoms with Gasteiger partial charge in [-0.1, -0.05) is 30.3 Å². The minimum Gasteiger partial charge on any atom is -0.460 e. The standard InChI is InChI=1S/C24H29ClN4O2S/c1-9-17(25)11-10-13(2)21-20-14(3)15(4)32-23(20)29-16(5)27-28-22(29)18(26-21)12-19(30)31-24(6,7)8/h9-11,18H,2,12H2,1,3-8H3/b11-10-,17-9+/t18-/m0/s1. The van der Waals surface area contributed by atoms with Crippen molar-refractivity contribution in [2.45, 2.75) is 66.5 Å². The van der Waals surface area contributed by atoms with E-state index in [1.807, 2.05) is 51.3 Å². The highest BCUT2D eigenvalue weighted by atomic mass is 35.5. The fraction of sp³-hybridized carbons (Fsp3) is 0.417. The molecule has 170 valence electrons. The lowest BCUT2D eigenvalue weighted by Gasteiger charge is -2.21. The molecule has 2 aromatic heterocycles. The zero-order valence-electron chi connectivity index (χ0n) is 19.6. The molecule has 32 heavy (non-hydrogen) atoms. The van der Waals surface area contributed by atoms with Gasteiger partial charge in [-0.25, -0.2) is 0 Å². The Labute approximate surface area is 198 Å². The number of ether oxygens (including phenoxy) is 1. The van der Waals surface area contributed by atoms with Crippen LogP contribution in [-0.4, -0.2) is 32.0 Å². The monoisotopic (exact) mass is 472 g/mol.